The van der Waals surface area contributed by atoms with Crippen LogP contribution in [0.15, 0.2) is 72.9 Å². The standard InChI is InChI=1S/C82H149NO10/c1-3-5-7-9-11-13-15-16-17-44-47-50-54-58-62-66-70-78(87)91-71-67-63-59-55-51-48-45-42-40-38-36-34-32-30-28-26-24-22-20-18-19-21-23-25-27-29-31-33-35-37-39-41-43-46-49-53-57-61-65-69-77(86)83-74(73-92-82-81(90)80(89)79(88)76(72-84)93-82)75(85)68-64-60-56-52-14-12-10-8-6-4-2/h6,8,14,17-19,22,24,44,52,64,68,74-76,79-82,84-85,88-90H,3-5,7,9-13,15-16,20-21,23,25-43,45-51,53-63,65-67,69-73H2,1-2H3,(H,83,86)/b8-6+,19-18-,24-22-,44-17-,52-14+,68-64+. The quantitative estimate of drug-likeness (QED) is 0.0195. The molecule has 0 aliphatic carbocycles. The molecule has 1 aliphatic heterocycles. The zero-order valence-corrected chi connectivity index (χ0v) is 60.5. The molecule has 1 rings (SSSR count). The molecule has 1 aliphatic rings. The summed E-state index contributed by atoms with van der Waals surface area (Å²) >= 11 is 0. The topological polar surface area (TPSA) is 175 Å². The SMILES string of the molecule is CC/C=C/CC/C=C/CC/C=C/C(O)C(COC1OC(CO)C(O)C(O)C1O)NC(=O)CCCCCCCCCCCCCCCCCCC/C=C\C/C=C\CCCCCCCCCCCCCCCCCOC(=O)CCCCCCC/C=C\CCCCCCCCC. The fourth-order valence-electron chi connectivity index (χ4n) is 12.3. The van der Waals surface area contributed by atoms with Crippen LogP contribution < -0.4 is 5.32 Å². The molecule has 11 nitrogen and oxygen atoms in total. The maximum absolute atomic E-state index is 13.0. The zero-order valence-electron chi connectivity index (χ0n) is 60.5. The minimum atomic E-state index is -1.58. The number of allylic oxidation sites excluding steroid dienone is 11. The van der Waals surface area contributed by atoms with Gasteiger partial charge in [0.05, 0.1) is 32.0 Å². The number of unbranched alkanes of at least 4 members (excludes halogenated alkanes) is 46. The van der Waals surface area contributed by atoms with Crippen LogP contribution in [0.1, 0.15) is 373 Å². The first-order valence-electron chi connectivity index (χ1n) is 39.7. The lowest BCUT2D eigenvalue weighted by molar-refractivity contribution is -0.302. The van der Waals surface area contributed by atoms with Crippen molar-refractivity contribution in [2.24, 2.45) is 0 Å². The van der Waals surface area contributed by atoms with Crippen molar-refractivity contribution in [2.45, 2.75) is 416 Å². The number of aliphatic hydroxyl groups excluding tert-OH is 5. The molecule has 93 heavy (non-hydrogen) atoms. The molecule has 1 heterocycles. The Labute approximate surface area is 572 Å². The number of rotatable bonds is 70. The molecule has 11 heteroatoms. The Morgan fingerprint density at radius 2 is 0.763 bits per heavy atom. The molecular weight excluding hydrogens is 1160 g/mol. The smallest absolute Gasteiger partial charge is 0.305 e. The zero-order chi connectivity index (χ0) is 67.2. The largest absolute Gasteiger partial charge is 0.466 e. The molecule has 0 radical (unpaired) electrons. The van der Waals surface area contributed by atoms with Crippen molar-refractivity contribution < 1.29 is 49.3 Å². The van der Waals surface area contributed by atoms with E-state index in [0.29, 0.717) is 19.4 Å². The van der Waals surface area contributed by atoms with Gasteiger partial charge in [-0.15, -0.1) is 0 Å². The third kappa shape index (κ3) is 58.9. The van der Waals surface area contributed by atoms with Crippen LogP contribution in [0.4, 0.5) is 0 Å². The average molecular weight is 1310 g/mol. The summed E-state index contributed by atoms with van der Waals surface area (Å²) in [5.74, 6) is -0.188. The number of amides is 1. The number of esters is 1. The summed E-state index contributed by atoms with van der Waals surface area (Å²) in [4.78, 5) is 25.1. The maximum Gasteiger partial charge on any atom is 0.305 e. The molecule has 0 aromatic carbocycles. The molecule has 0 spiro atoms. The predicted octanol–water partition coefficient (Wildman–Crippen LogP) is 21.4. The van der Waals surface area contributed by atoms with Crippen LogP contribution in [0.2, 0.25) is 0 Å². The van der Waals surface area contributed by atoms with E-state index in [1.54, 1.807) is 6.08 Å². The van der Waals surface area contributed by atoms with E-state index in [1.165, 1.54) is 270 Å². The summed E-state index contributed by atoms with van der Waals surface area (Å²) in [6.07, 6.45) is 86.8. The molecule has 0 aromatic rings. The van der Waals surface area contributed by atoms with Gasteiger partial charge in [-0.25, -0.2) is 0 Å². The van der Waals surface area contributed by atoms with Crippen molar-refractivity contribution >= 4 is 11.9 Å². The molecule has 0 saturated carbocycles. The van der Waals surface area contributed by atoms with E-state index in [9.17, 15) is 35.1 Å². The van der Waals surface area contributed by atoms with Crippen molar-refractivity contribution in [1.29, 1.82) is 0 Å². The van der Waals surface area contributed by atoms with Crippen LogP contribution in [0, 0.1) is 0 Å². The number of hydrogen-bond donors (Lipinski definition) is 6. The number of carbonyl (C=O) groups excluding carboxylic acids is 2. The van der Waals surface area contributed by atoms with Crippen molar-refractivity contribution in [3.8, 4) is 0 Å². The first-order valence-corrected chi connectivity index (χ1v) is 39.7. The van der Waals surface area contributed by atoms with Gasteiger partial charge in [0.1, 0.15) is 24.4 Å². The molecule has 0 bridgehead atoms. The first kappa shape index (κ1) is 88.1. The Morgan fingerprint density at radius 1 is 0.409 bits per heavy atom. The summed E-state index contributed by atoms with van der Waals surface area (Å²) in [5, 5.41) is 54.3. The monoisotopic (exact) mass is 1310 g/mol. The summed E-state index contributed by atoms with van der Waals surface area (Å²) in [5.41, 5.74) is 0. The minimum Gasteiger partial charge on any atom is -0.466 e. The molecule has 7 unspecified atom stereocenters. The molecule has 1 fully saturated rings. The fraction of sp³-hybridized carbons (Fsp3) is 0.829. The Bertz CT molecular complexity index is 1780. The highest BCUT2D eigenvalue weighted by Crippen LogP contribution is 2.24. The maximum atomic E-state index is 13.0. The minimum absolute atomic E-state index is 0.00693. The molecule has 7 atom stereocenters. The lowest BCUT2D eigenvalue weighted by atomic mass is 9.99. The summed E-state index contributed by atoms with van der Waals surface area (Å²) in [6.45, 7) is 4.23. The first-order chi connectivity index (χ1) is 45.7. The van der Waals surface area contributed by atoms with Gasteiger partial charge >= 0.3 is 5.97 Å². The van der Waals surface area contributed by atoms with Gasteiger partial charge in [-0.1, -0.05) is 324 Å². The summed E-state index contributed by atoms with van der Waals surface area (Å²) in [6, 6.07) is -0.833. The number of aliphatic hydroxyl groups is 5. The van der Waals surface area contributed by atoms with Gasteiger partial charge in [0, 0.05) is 12.8 Å². The molecule has 1 amide bonds. The van der Waals surface area contributed by atoms with Crippen molar-refractivity contribution in [3.05, 3.63) is 72.9 Å². The van der Waals surface area contributed by atoms with Gasteiger partial charge in [-0.05, 0) is 109 Å². The molecule has 6 N–H and O–H groups in total. The van der Waals surface area contributed by atoms with Gasteiger partial charge in [0.15, 0.2) is 6.29 Å². The van der Waals surface area contributed by atoms with E-state index < -0.39 is 49.5 Å². The second-order valence-corrected chi connectivity index (χ2v) is 27.4. The van der Waals surface area contributed by atoms with E-state index in [1.807, 2.05) is 6.08 Å². The van der Waals surface area contributed by atoms with Crippen LogP contribution >= 0.6 is 0 Å². The van der Waals surface area contributed by atoms with Gasteiger partial charge in [-0.3, -0.25) is 9.59 Å². The van der Waals surface area contributed by atoms with Crippen LogP contribution in [0.3, 0.4) is 0 Å². The van der Waals surface area contributed by atoms with Crippen LogP contribution in [0.25, 0.3) is 0 Å². The number of carbonyl (C=O) groups is 2. The van der Waals surface area contributed by atoms with E-state index >= 15 is 0 Å². The van der Waals surface area contributed by atoms with E-state index in [4.69, 9.17) is 14.2 Å². The Kier molecular flexibility index (Phi) is 66.7. The summed E-state index contributed by atoms with van der Waals surface area (Å²) < 4.78 is 16.7. The van der Waals surface area contributed by atoms with Crippen LogP contribution in [-0.4, -0.2) is 100 Å². The van der Waals surface area contributed by atoms with Crippen LogP contribution in [-0.2, 0) is 23.8 Å². The van der Waals surface area contributed by atoms with Crippen LogP contribution in [0.5, 0.6) is 0 Å². The Balaban J connectivity index is 1.88. The second kappa shape index (κ2) is 70.4. The lowest BCUT2D eigenvalue weighted by Crippen LogP contribution is -2.60. The molecule has 1 saturated heterocycles. The third-order valence-corrected chi connectivity index (χ3v) is 18.5. The lowest BCUT2D eigenvalue weighted by Gasteiger charge is -2.40. The fourth-order valence-corrected chi connectivity index (χ4v) is 12.3. The highest BCUT2D eigenvalue weighted by atomic mass is 16.7. The van der Waals surface area contributed by atoms with E-state index in [2.05, 4.69) is 79.9 Å². The second-order valence-electron chi connectivity index (χ2n) is 27.4. The van der Waals surface area contributed by atoms with Gasteiger partial charge < -0.3 is 45.1 Å². The highest BCUT2D eigenvalue weighted by Gasteiger charge is 2.44. The Morgan fingerprint density at radius 3 is 1.18 bits per heavy atom. The number of hydrogen-bond acceptors (Lipinski definition) is 10. The van der Waals surface area contributed by atoms with E-state index in [0.717, 1.165) is 77.0 Å². The predicted molar refractivity (Wildman–Crippen MR) is 393 cm³/mol. The summed E-state index contributed by atoms with van der Waals surface area (Å²) in [7, 11) is 0. The Hall–Kier alpha value is -2.90. The molecule has 0 aromatic heterocycles. The van der Waals surface area contributed by atoms with E-state index in [-0.39, 0.29) is 18.5 Å². The molecular formula is C82H149NO10. The van der Waals surface area contributed by atoms with Gasteiger partial charge in [0.2, 0.25) is 5.91 Å². The van der Waals surface area contributed by atoms with Crippen molar-refractivity contribution in [2.75, 3.05) is 19.8 Å². The van der Waals surface area contributed by atoms with Gasteiger partial charge in [-0.2, -0.15) is 0 Å². The van der Waals surface area contributed by atoms with Gasteiger partial charge in [0.25, 0.3) is 0 Å². The number of ether oxygens (including phenoxy) is 3. The molecule has 542 valence electrons. The highest BCUT2D eigenvalue weighted by molar-refractivity contribution is 5.76. The van der Waals surface area contributed by atoms with Crippen molar-refractivity contribution in [3.63, 3.8) is 0 Å². The number of nitrogens with one attached hydrogen (secondary N) is 1. The normalized spacial score (nSPS) is 17.9. The average Bonchev–Trinajstić information content (AvgIpc) is 0.887. The third-order valence-electron chi connectivity index (χ3n) is 18.5. The van der Waals surface area contributed by atoms with Crippen molar-refractivity contribution in [1.82, 2.24) is 5.32 Å².